The topological polar surface area (TPSA) is 67.6 Å². The predicted molar refractivity (Wildman–Crippen MR) is 90.2 cm³/mol. The fourth-order valence-electron chi connectivity index (χ4n) is 3.44. The van der Waals surface area contributed by atoms with Crippen molar-refractivity contribution < 1.29 is 22.7 Å². The van der Waals surface area contributed by atoms with Gasteiger partial charge in [0.15, 0.2) is 0 Å². The van der Waals surface area contributed by atoms with Crippen LogP contribution in [0.2, 0.25) is 0 Å². The molecule has 0 aliphatic carbocycles. The van der Waals surface area contributed by atoms with Crippen molar-refractivity contribution in [2.75, 3.05) is 26.3 Å². The molecule has 144 valence electrons. The molecular formula is C18H24F3N3O2. The van der Waals surface area contributed by atoms with Gasteiger partial charge in [0.25, 0.3) is 0 Å². The molecule has 2 saturated heterocycles. The summed E-state index contributed by atoms with van der Waals surface area (Å²) in [4.78, 5) is 14.6. The number of nitrogens with one attached hydrogen (secondary N) is 1. The van der Waals surface area contributed by atoms with Gasteiger partial charge in [0, 0.05) is 38.9 Å². The van der Waals surface area contributed by atoms with Crippen molar-refractivity contribution in [2.24, 2.45) is 5.73 Å². The van der Waals surface area contributed by atoms with Crippen LogP contribution in [0.5, 0.6) is 0 Å². The number of likely N-dealkylation sites (tertiary alicyclic amines) is 1. The molecule has 3 N–H and O–H groups in total. The normalized spacial score (nSPS) is 23.8. The SMILES string of the molecule is NC1(C(=O)NC2CCN(Cc3ccc(C(F)(F)F)cc3)C2)CCOCC1. The van der Waals surface area contributed by atoms with Gasteiger partial charge >= 0.3 is 6.18 Å². The van der Waals surface area contributed by atoms with E-state index in [1.165, 1.54) is 12.1 Å². The zero-order valence-corrected chi connectivity index (χ0v) is 14.5. The van der Waals surface area contributed by atoms with E-state index in [1.807, 2.05) is 0 Å². The zero-order valence-electron chi connectivity index (χ0n) is 14.5. The lowest BCUT2D eigenvalue weighted by Crippen LogP contribution is -2.58. The van der Waals surface area contributed by atoms with Crippen molar-refractivity contribution in [3.8, 4) is 0 Å². The van der Waals surface area contributed by atoms with Crippen molar-refractivity contribution in [1.82, 2.24) is 10.2 Å². The number of amides is 1. The number of benzene rings is 1. The second-order valence-corrected chi connectivity index (χ2v) is 7.16. The van der Waals surface area contributed by atoms with E-state index >= 15 is 0 Å². The Morgan fingerprint density at radius 1 is 1.27 bits per heavy atom. The molecule has 0 saturated carbocycles. The molecule has 2 fully saturated rings. The summed E-state index contributed by atoms with van der Waals surface area (Å²) in [6, 6.07) is 5.24. The molecule has 1 amide bonds. The van der Waals surface area contributed by atoms with Crippen LogP contribution in [0.4, 0.5) is 13.2 Å². The molecule has 1 atom stereocenters. The third-order valence-corrected chi connectivity index (χ3v) is 5.13. The number of nitrogens with two attached hydrogens (primary N) is 1. The number of ether oxygens (including phenoxy) is 1. The van der Waals surface area contributed by atoms with Crippen LogP contribution in [0.25, 0.3) is 0 Å². The fraction of sp³-hybridized carbons (Fsp3) is 0.611. The summed E-state index contributed by atoms with van der Waals surface area (Å²) in [5, 5.41) is 3.02. The van der Waals surface area contributed by atoms with E-state index < -0.39 is 17.3 Å². The molecule has 2 aliphatic rings. The molecule has 1 unspecified atom stereocenters. The van der Waals surface area contributed by atoms with E-state index in [-0.39, 0.29) is 11.9 Å². The van der Waals surface area contributed by atoms with Crippen LogP contribution < -0.4 is 11.1 Å². The summed E-state index contributed by atoms with van der Waals surface area (Å²) in [6.45, 7) is 3.00. The van der Waals surface area contributed by atoms with Crippen LogP contribution in [0, 0.1) is 0 Å². The maximum atomic E-state index is 12.6. The number of nitrogens with zero attached hydrogens (tertiary/aromatic N) is 1. The quantitative estimate of drug-likeness (QED) is 0.849. The third kappa shape index (κ3) is 4.55. The lowest BCUT2D eigenvalue weighted by atomic mass is 9.90. The van der Waals surface area contributed by atoms with Gasteiger partial charge in [-0.3, -0.25) is 9.69 Å². The van der Waals surface area contributed by atoms with Crippen LogP contribution in [0.1, 0.15) is 30.4 Å². The van der Waals surface area contributed by atoms with Crippen molar-refractivity contribution in [3.63, 3.8) is 0 Å². The summed E-state index contributed by atoms with van der Waals surface area (Å²) >= 11 is 0. The number of halogens is 3. The second-order valence-electron chi connectivity index (χ2n) is 7.16. The Hall–Kier alpha value is -1.64. The van der Waals surface area contributed by atoms with Gasteiger partial charge in [0.1, 0.15) is 0 Å². The molecule has 1 aromatic rings. The van der Waals surface area contributed by atoms with Gasteiger partial charge in [0.2, 0.25) is 5.91 Å². The van der Waals surface area contributed by atoms with Crippen molar-refractivity contribution in [1.29, 1.82) is 0 Å². The van der Waals surface area contributed by atoms with Gasteiger partial charge in [-0.2, -0.15) is 13.2 Å². The van der Waals surface area contributed by atoms with E-state index in [9.17, 15) is 18.0 Å². The van der Waals surface area contributed by atoms with E-state index in [0.717, 1.165) is 30.7 Å². The van der Waals surface area contributed by atoms with Gasteiger partial charge in [-0.1, -0.05) is 12.1 Å². The minimum absolute atomic E-state index is 0.0141. The average molecular weight is 371 g/mol. The molecule has 0 bridgehead atoms. The number of carbonyl (C=O) groups excluding carboxylic acids is 1. The summed E-state index contributed by atoms with van der Waals surface area (Å²) in [6.07, 6.45) is -2.48. The Morgan fingerprint density at radius 2 is 1.92 bits per heavy atom. The molecule has 5 nitrogen and oxygen atoms in total. The Morgan fingerprint density at radius 3 is 2.54 bits per heavy atom. The minimum atomic E-state index is -4.32. The van der Waals surface area contributed by atoms with Gasteiger partial charge in [-0.15, -0.1) is 0 Å². The molecule has 0 spiro atoms. The number of rotatable bonds is 4. The molecule has 1 aromatic carbocycles. The van der Waals surface area contributed by atoms with Gasteiger partial charge in [0.05, 0.1) is 11.1 Å². The summed E-state index contributed by atoms with van der Waals surface area (Å²) in [5.41, 5.74) is 5.51. The summed E-state index contributed by atoms with van der Waals surface area (Å²) < 4.78 is 43.1. The fourth-order valence-corrected chi connectivity index (χ4v) is 3.44. The number of alkyl halides is 3. The molecule has 8 heteroatoms. The molecule has 2 aliphatic heterocycles. The highest BCUT2D eigenvalue weighted by atomic mass is 19.4. The number of carbonyl (C=O) groups is 1. The number of hydrogen-bond acceptors (Lipinski definition) is 4. The van der Waals surface area contributed by atoms with Crippen molar-refractivity contribution >= 4 is 5.91 Å². The lowest BCUT2D eigenvalue weighted by Gasteiger charge is -2.33. The first kappa shape index (κ1) is 19.1. The zero-order chi connectivity index (χ0) is 18.8. The summed E-state index contributed by atoms with van der Waals surface area (Å²) in [5.74, 6) is -0.137. The van der Waals surface area contributed by atoms with Crippen molar-refractivity contribution in [3.05, 3.63) is 35.4 Å². The van der Waals surface area contributed by atoms with Crippen LogP contribution in [-0.4, -0.2) is 48.7 Å². The highest BCUT2D eigenvalue weighted by Crippen LogP contribution is 2.29. The Kier molecular flexibility index (Phi) is 5.55. The van der Waals surface area contributed by atoms with Gasteiger partial charge < -0.3 is 15.8 Å². The Balaban J connectivity index is 1.50. The van der Waals surface area contributed by atoms with Crippen LogP contribution >= 0.6 is 0 Å². The largest absolute Gasteiger partial charge is 0.416 e. The molecule has 0 aromatic heterocycles. The first-order chi connectivity index (χ1) is 12.3. The van der Waals surface area contributed by atoms with Crippen LogP contribution in [0.15, 0.2) is 24.3 Å². The second kappa shape index (κ2) is 7.54. The maximum Gasteiger partial charge on any atom is 0.416 e. The minimum Gasteiger partial charge on any atom is -0.381 e. The Bertz CT molecular complexity index is 628. The van der Waals surface area contributed by atoms with Crippen LogP contribution in [0.3, 0.4) is 0 Å². The molecule has 2 heterocycles. The van der Waals surface area contributed by atoms with E-state index in [4.69, 9.17) is 10.5 Å². The first-order valence-corrected chi connectivity index (χ1v) is 8.82. The smallest absolute Gasteiger partial charge is 0.381 e. The Labute approximate surface area is 150 Å². The van der Waals surface area contributed by atoms with Gasteiger partial charge in [-0.05, 0) is 37.0 Å². The first-order valence-electron chi connectivity index (χ1n) is 8.82. The van der Waals surface area contributed by atoms with E-state index in [1.54, 1.807) is 0 Å². The van der Waals surface area contributed by atoms with Crippen molar-refractivity contribution in [2.45, 2.75) is 43.6 Å². The highest BCUT2D eigenvalue weighted by Gasteiger charge is 2.37. The molecule has 0 radical (unpaired) electrons. The third-order valence-electron chi connectivity index (χ3n) is 5.13. The monoisotopic (exact) mass is 371 g/mol. The van der Waals surface area contributed by atoms with Crippen LogP contribution in [-0.2, 0) is 22.3 Å². The maximum absolute atomic E-state index is 12.6. The van der Waals surface area contributed by atoms with Gasteiger partial charge in [-0.25, -0.2) is 0 Å². The van der Waals surface area contributed by atoms with E-state index in [2.05, 4.69) is 10.2 Å². The molecular weight excluding hydrogens is 347 g/mol. The predicted octanol–water partition coefficient (Wildman–Crippen LogP) is 1.90. The molecule has 26 heavy (non-hydrogen) atoms. The number of hydrogen-bond donors (Lipinski definition) is 2. The standard InChI is InChI=1S/C18H24F3N3O2/c19-18(20,21)14-3-1-13(2-4-14)11-24-8-5-15(12-24)23-16(25)17(22)6-9-26-10-7-17/h1-4,15H,5-12,22H2,(H,23,25). The average Bonchev–Trinajstić information content (AvgIpc) is 3.02. The summed E-state index contributed by atoms with van der Waals surface area (Å²) in [7, 11) is 0. The highest BCUT2D eigenvalue weighted by molar-refractivity contribution is 5.86. The lowest BCUT2D eigenvalue weighted by molar-refractivity contribution is -0.137. The molecule has 3 rings (SSSR count). The van der Waals surface area contributed by atoms with E-state index in [0.29, 0.717) is 39.1 Å².